The lowest BCUT2D eigenvalue weighted by atomic mass is 10.1. The van der Waals surface area contributed by atoms with E-state index in [4.69, 9.17) is 0 Å². The van der Waals surface area contributed by atoms with Gasteiger partial charge in [-0.1, -0.05) is 11.3 Å². The number of benzene rings is 2. The molecule has 112 valence electrons. The van der Waals surface area contributed by atoms with Crippen LogP contribution in [0.15, 0.2) is 30.3 Å². The summed E-state index contributed by atoms with van der Waals surface area (Å²) in [6, 6.07) is 8.83. The zero-order valence-electron chi connectivity index (χ0n) is 11.4. The van der Waals surface area contributed by atoms with Crippen molar-refractivity contribution in [3.05, 3.63) is 50.3 Å². The van der Waals surface area contributed by atoms with Crippen LogP contribution in [0.5, 0.6) is 0 Å². The lowest BCUT2D eigenvalue weighted by Gasteiger charge is -2.12. The fraction of sp³-hybridized carbons (Fsp3) is 0.0667. The van der Waals surface area contributed by atoms with E-state index in [-0.39, 0.29) is 5.56 Å². The molecule has 2 N–H and O–H groups in total. The third-order valence-corrected chi connectivity index (χ3v) is 4.67. The first-order chi connectivity index (χ1) is 10.4. The van der Waals surface area contributed by atoms with E-state index in [9.17, 15) is 14.3 Å². The maximum absolute atomic E-state index is 13.3. The molecule has 0 amide bonds. The van der Waals surface area contributed by atoms with E-state index in [1.54, 1.807) is 6.07 Å². The van der Waals surface area contributed by atoms with Crippen molar-refractivity contribution in [2.45, 2.75) is 6.92 Å². The summed E-state index contributed by atoms with van der Waals surface area (Å²) in [4.78, 5) is 15.1. The minimum absolute atomic E-state index is 0.0655. The summed E-state index contributed by atoms with van der Waals surface area (Å²) in [7, 11) is 0. The number of hydrogen-bond donors (Lipinski definition) is 2. The number of aromatic nitrogens is 1. The molecular weight excluding hydrogens is 418 g/mol. The van der Waals surface area contributed by atoms with Gasteiger partial charge in [0.05, 0.1) is 21.5 Å². The van der Waals surface area contributed by atoms with Gasteiger partial charge < -0.3 is 10.4 Å². The van der Waals surface area contributed by atoms with E-state index in [0.717, 1.165) is 26.2 Å². The molecule has 3 aromatic rings. The quantitative estimate of drug-likeness (QED) is 0.589. The number of aromatic carboxylic acids is 1. The van der Waals surface area contributed by atoms with Gasteiger partial charge in [-0.05, 0) is 65.4 Å². The molecule has 1 aromatic heterocycles. The van der Waals surface area contributed by atoms with Crippen LogP contribution in [0.4, 0.5) is 15.8 Å². The average Bonchev–Trinajstić information content (AvgIpc) is 2.80. The molecule has 0 radical (unpaired) electrons. The number of anilines is 2. The van der Waals surface area contributed by atoms with Crippen LogP contribution in [0, 0.1) is 15.8 Å². The number of carbonyl (C=O) groups is 1. The number of nitrogens with zero attached hydrogens (tertiary/aromatic N) is 1. The Morgan fingerprint density at radius 1 is 1.32 bits per heavy atom. The molecule has 0 saturated carbocycles. The van der Waals surface area contributed by atoms with Crippen molar-refractivity contribution in [3.63, 3.8) is 0 Å². The number of halogens is 2. The van der Waals surface area contributed by atoms with Crippen molar-refractivity contribution >= 4 is 61.5 Å². The maximum atomic E-state index is 13.3. The molecule has 0 aliphatic rings. The summed E-state index contributed by atoms with van der Waals surface area (Å²) in [6.07, 6.45) is 0. The highest BCUT2D eigenvalue weighted by molar-refractivity contribution is 14.1. The molecule has 3 rings (SSSR count). The highest BCUT2D eigenvalue weighted by Crippen LogP contribution is 2.31. The molecule has 22 heavy (non-hydrogen) atoms. The predicted molar refractivity (Wildman–Crippen MR) is 93.7 cm³/mol. The zero-order valence-corrected chi connectivity index (χ0v) is 14.3. The highest BCUT2D eigenvalue weighted by Gasteiger charge is 2.15. The number of carboxylic acid groups (broad SMARTS) is 1. The second-order valence-corrected chi connectivity index (χ2v) is 6.95. The summed E-state index contributed by atoms with van der Waals surface area (Å²) >= 11 is 3.11. The summed E-state index contributed by atoms with van der Waals surface area (Å²) < 4.78 is 15.0. The fourth-order valence-electron chi connectivity index (χ4n) is 2.14. The van der Waals surface area contributed by atoms with Gasteiger partial charge in [-0.15, -0.1) is 0 Å². The largest absolute Gasteiger partial charge is 0.478 e. The molecular formula is C15H10FIN2O2S. The number of aryl methyl sites for hydroxylation is 1. The van der Waals surface area contributed by atoms with Gasteiger partial charge in [0.1, 0.15) is 0 Å². The Balaban J connectivity index is 2.11. The minimum atomic E-state index is -1.08. The molecule has 1 heterocycles. The van der Waals surface area contributed by atoms with Crippen LogP contribution >= 0.6 is 33.9 Å². The number of fused-ring (bicyclic) bond motifs is 1. The maximum Gasteiger partial charge on any atom is 0.337 e. The van der Waals surface area contributed by atoms with E-state index < -0.39 is 11.2 Å². The second-order valence-electron chi connectivity index (χ2n) is 4.72. The van der Waals surface area contributed by atoms with Crippen LogP contribution < -0.4 is 5.32 Å². The minimum Gasteiger partial charge on any atom is -0.478 e. The van der Waals surface area contributed by atoms with E-state index in [1.165, 1.54) is 6.07 Å². The predicted octanol–water partition coefficient (Wildman–Crippen LogP) is 4.79. The fourth-order valence-corrected chi connectivity index (χ4v) is 3.50. The first kappa shape index (κ1) is 15.2. The molecule has 0 spiro atoms. The summed E-state index contributed by atoms with van der Waals surface area (Å²) in [6.45, 7) is 1.94. The van der Waals surface area contributed by atoms with E-state index >= 15 is 0 Å². The van der Waals surface area contributed by atoms with Crippen molar-refractivity contribution in [2.24, 2.45) is 0 Å². The monoisotopic (exact) mass is 428 g/mol. The Kier molecular flexibility index (Phi) is 4.00. The first-order valence-electron chi connectivity index (χ1n) is 6.30. The van der Waals surface area contributed by atoms with Gasteiger partial charge in [0, 0.05) is 9.26 Å². The molecule has 0 aliphatic carbocycles. The van der Waals surface area contributed by atoms with Gasteiger partial charge in [-0.25, -0.2) is 9.78 Å². The molecule has 0 unspecified atom stereocenters. The SMILES string of the molecule is Cc1cc(I)ccc1Nc1cc2sc(F)nc2cc1C(=O)O. The van der Waals surface area contributed by atoms with Crippen LogP contribution in [0.2, 0.25) is 0 Å². The highest BCUT2D eigenvalue weighted by atomic mass is 127. The van der Waals surface area contributed by atoms with Crippen LogP contribution in [-0.4, -0.2) is 16.1 Å². The smallest absolute Gasteiger partial charge is 0.337 e. The standard InChI is InChI=1S/C15H10FIN2O2S/c1-7-4-8(17)2-3-10(7)18-11-6-13-12(19-15(16)22-13)5-9(11)14(20)21/h2-6,18H,1H3,(H,20,21). The number of carboxylic acids is 1. The number of nitrogens with one attached hydrogen (secondary N) is 1. The molecule has 0 bridgehead atoms. The normalized spacial score (nSPS) is 10.9. The van der Waals surface area contributed by atoms with Crippen LogP contribution in [0.25, 0.3) is 10.2 Å². The van der Waals surface area contributed by atoms with Crippen LogP contribution in [-0.2, 0) is 0 Å². The number of rotatable bonds is 3. The van der Waals surface area contributed by atoms with E-state index in [1.807, 2.05) is 25.1 Å². The zero-order chi connectivity index (χ0) is 15.9. The first-order valence-corrected chi connectivity index (χ1v) is 8.20. The molecule has 2 aromatic carbocycles. The Hall–Kier alpha value is -1.74. The molecule has 4 nitrogen and oxygen atoms in total. The number of hydrogen-bond acceptors (Lipinski definition) is 4. The molecule has 7 heteroatoms. The van der Waals surface area contributed by atoms with Crippen molar-refractivity contribution in [3.8, 4) is 0 Å². The van der Waals surface area contributed by atoms with E-state index in [0.29, 0.717) is 15.9 Å². The topological polar surface area (TPSA) is 62.2 Å². The summed E-state index contributed by atoms with van der Waals surface area (Å²) in [5, 5.41) is 11.9. The van der Waals surface area contributed by atoms with Gasteiger partial charge in [0.15, 0.2) is 0 Å². The summed E-state index contributed by atoms with van der Waals surface area (Å²) in [5.74, 6) is -1.08. The third-order valence-electron chi connectivity index (χ3n) is 3.19. The van der Waals surface area contributed by atoms with Gasteiger partial charge >= 0.3 is 5.97 Å². The molecule has 0 fully saturated rings. The average molecular weight is 428 g/mol. The van der Waals surface area contributed by atoms with Gasteiger partial charge in [-0.2, -0.15) is 4.39 Å². The third kappa shape index (κ3) is 2.91. The van der Waals surface area contributed by atoms with Crippen LogP contribution in [0.1, 0.15) is 15.9 Å². The lowest BCUT2D eigenvalue weighted by Crippen LogP contribution is -2.03. The lowest BCUT2D eigenvalue weighted by molar-refractivity contribution is 0.0698. The second kappa shape index (κ2) is 5.81. The van der Waals surface area contributed by atoms with Crippen molar-refractivity contribution in [1.29, 1.82) is 0 Å². The van der Waals surface area contributed by atoms with Crippen molar-refractivity contribution in [2.75, 3.05) is 5.32 Å². The number of thiazole rings is 1. The molecule has 0 saturated heterocycles. The van der Waals surface area contributed by atoms with Gasteiger partial charge in [-0.3, -0.25) is 0 Å². The molecule has 0 aliphatic heterocycles. The Morgan fingerprint density at radius 3 is 2.77 bits per heavy atom. The van der Waals surface area contributed by atoms with Gasteiger partial charge in [0.25, 0.3) is 5.26 Å². The van der Waals surface area contributed by atoms with Gasteiger partial charge in [0.2, 0.25) is 0 Å². The molecule has 0 atom stereocenters. The Bertz CT molecular complexity index is 895. The Morgan fingerprint density at radius 2 is 2.09 bits per heavy atom. The van der Waals surface area contributed by atoms with Crippen molar-refractivity contribution < 1.29 is 14.3 Å². The Labute approximate surface area is 143 Å². The van der Waals surface area contributed by atoms with Crippen LogP contribution in [0.3, 0.4) is 0 Å². The van der Waals surface area contributed by atoms with Crippen molar-refractivity contribution in [1.82, 2.24) is 4.98 Å². The van der Waals surface area contributed by atoms with E-state index in [2.05, 4.69) is 32.9 Å². The summed E-state index contributed by atoms with van der Waals surface area (Å²) in [5.41, 5.74) is 2.65.